The Bertz CT molecular complexity index is 1470. The van der Waals surface area contributed by atoms with Crippen molar-refractivity contribution in [3.05, 3.63) is 11.6 Å². The minimum Gasteiger partial charge on any atom is -0.481 e. The number of hydrogen-bond acceptors (Lipinski definition) is 9. The molecule has 1 aromatic rings. The Morgan fingerprint density at radius 3 is 2.46 bits per heavy atom. The maximum atomic E-state index is 13.5. The van der Waals surface area contributed by atoms with Gasteiger partial charge in [-0.05, 0) is 103 Å². The number of carboxylic acids is 1. The second-order valence-electron chi connectivity index (χ2n) is 18.7. The molecule has 11 atom stereocenters. The molecule has 3 heterocycles. The summed E-state index contributed by atoms with van der Waals surface area (Å²) in [5, 5.41) is 28.1. The van der Waals surface area contributed by atoms with E-state index < -0.39 is 11.9 Å². The van der Waals surface area contributed by atoms with Gasteiger partial charge in [0.15, 0.2) is 0 Å². The van der Waals surface area contributed by atoms with Crippen molar-refractivity contribution in [3.63, 3.8) is 0 Å². The molecule has 2 bridgehead atoms. The number of nitrogens with zero attached hydrogens (tertiary/aromatic N) is 4. The van der Waals surface area contributed by atoms with Crippen molar-refractivity contribution in [1.82, 2.24) is 25.5 Å². The van der Waals surface area contributed by atoms with Crippen LogP contribution >= 0.6 is 0 Å². The summed E-state index contributed by atoms with van der Waals surface area (Å²) in [6.45, 7) is 22.5. The Morgan fingerprint density at radius 1 is 1.08 bits per heavy atom. The first-order chi connectivity index (χ1) is 23.6. The third kappa shape index (κ3) is 5.09. The van der Waals surface area contributed by atoms with Gasteiger partial charge in [-0.3, -0.25) is 4.79 Å². The van der Waals surface area contributed by atoms with Crippen LogP contribution < -0.4 is 11.1 Å². The van der Waals surface area contributed by atoms with Crippen LogP contribution in [0.3, 0.4) is 0 Å². The molecule has 3 saturated carbocycles. The first-order valence-electron chi connectivity index (χ1n) is 19.6. The van der Waals surface area contributed by atoms with Gasteiger partial charge < -0.3 is 30.4 Å². The van der Waals surface area contributed by atoms with Crippen LogP contribution in [0.1, 0.15) is 113 Å². The number of nitrogens with two attached hydrogens (primary N) is 1. The van der Waals surface area contributed by atoms with E-state index in [0.717, 1.165) is 71.1 Å². The number of fused-ring (bicyclic) bond motifs is 3. The van der Waals surface area contributed by atoms with Crippen LogP contribution in [0.25, 0.3) is 0 Å². The highest BCUT2D eigenvalue weighted by molar-refractivity contribution is 5.73. The molecule has 5 fully saturated rings. The average Bonchev–Trinajstić information content (AvgIpc) is 3.50. The fourth-order valence-electron chi connectivity index (χ4n) is 13.2. The lowest BCUT2D eigenvalue weighted by Gasteiger charge is -2.71. The molecule has 6 aliphatic rings. The summed E-state index contributed by atoms with van der Waals surface area (Å²) in [5.74, 6) is 0.503. The van der Waals surface area contributed by atoms with E-state index in [-0.39, 0.29) is 56.6 Å². The number of tetrazole rings is 1. The lowest BCUT2D eigenvalue weighted by atomic mass is 9.34. The molecular formula is C39H64N6O5. The molecule has 0 amide bonds. The fourth-order valence-corrected chi connectivity index (χ4v) is 13.2. The number of carboxylic acid groups (broad SMARTS) is 1. The van der Waals surface area contributed by atoms with E-state index in [1.165, 1.54) is 5.57 Å². The molecule has 4 N–H and O–H groups in total. The van der Waals surface area contributed by atoms with Crippen molar-refractivity contribution < 1.29 is 24.1 Å². The van der Waals surface area contributed by atoms with Crippen molar-refractivity contribution in [2.75, 3.05) is 45.3 Å². The van der Waals surface area contributed by atoms with Gasteiger partial charge in [0, 0.05) is 29.6 Å². The first kappa shape index (κ1) is 36.3. The molecule has 2 saturated heterocycles. The summed E-state index contributed by atoms with van der Waals surface area (Å²) in [5.41, 5.74) is 6.17. The second kappa shape index (κ2) is 12.5. The fraction of sp³-hybridized carbons (Fsp3) is 0.897. The van der Waals surface area contributed by atoms with Gasteiger partial charge in [-0.2, -0.15) is 4.80 Å². The van der Waals surface area contributed by atoms with Crippen LogP contribution in [0.5, 0.6) is 0 Å². The lowest BCUT2D eigenvalue weighted by molar-refractivity contribution is -0.255. The standard InChI is InChI=1S/C39H64N6O5/c1-9-41-38(16-18-48-19-17-38)22-50-31-28(45-43-33(40)42-44-45)20-39-23-49-21-35(31,6)29(39)11-10-26-27(39)12-13-37(8)30(32(46)47)34(5,25(4)24(2)3)14-15-36(26,37)7/h12,24-26,28-31,41H,9-11,13-23H2,1-8H3,(H2,40,43)(H,46,47)/t25-,26+,28-,29+,30-,31+,34-,35?,36-,37+,39+/m1/s1. The number of likely N-dealkylation sites (N-methyl/N-ethyl adjacent to an activating group) is 1. The summed E-state index contributed by atoms with van der Waals surface area (Å²) in [6.07, 6.45) is 9.77. The summed E-state index contributed by atoms with van der Waals surface area (Å²) in [4.78, 5) is 15.2. The molecule has 50 heavy (non-hydrogen) atoms. The van der Waals surface area contributed by atoms with Crippen LogP contribution in [0.4, 0.5) is 5.95 Å². The number of aromatic nitrogens is 4. The number of rotatable bonds is 9. The zero-order valence-electron chi connectivity index (χ0n) is 32.0. The van der Waals surface area contributed by atoms with Crippen molar-refractivity contribution in [1.29, 1.82) is 0 Å². The minimum absolute atomic E-state index is 0.140. The van der Waals surface area contributed by atoms with E-state index in [4.69, 9.17) is 19.9 Å². The van der Waals surface area contributed by atoms with Crippen LogP contribution in [0.15, 0.2) is 11.6 Å². The first-order valence-corrected chi connectivity index (χ1v) is 19.6. The van der Waals surface area contributed by atoms with Gasteiger partial charge in [-0.25, -0.2) is 0 Å². The predicted molar refractivity (Wildman–Crippen MR) is 191 cm³/mol. The molecule has 0 radical (unpaired) electrons. The zero-order valence-corrected chi connectivity index (χ0v) is 32.0. The summed E-state index contributed by atoms with van der Waals surface area (Å²) in [7, 11) is 0. The number of nitrogens with one attached hydrogen (secondary N) is 1. The second-order valence-corrected chi connectivity index (χ2v) is 18.7. The summed E-state index contributed by atoms with van der Waals surface area (Å²) >= 11 is 0. The van der Waals surface area contributed by atoms with Gasteiger partial charge >= 0.3 is 5.97 Å². The molecule has 4 aliphatic carbocycles. The van der Waals surface area contributed by atoms with E-state index in [0.29, 0.717) is 37.6 Å². The van der Waals surface area contributed by atoms with E-state index in [9.17, 15) is 9.90 Å². The number of hydrogen-bond donors (Lipinski definition) is 3. The molecule has 11 nitrogen and oxygen atoms in total. The van der Waals surface area contributed by atoms with Crippen LogP contribution in [0.2, 0.25) is 0 Å². The largest absolute Gasteiger partial charge is 0.481 e. The SMILES string of the molecule is CCNC1(CO[C@H]2[C@H](n3nnc(N)n3)C[C@@]34COCC2(C)[C@@H]3CC[C@H]2C4=CC[C@@]3(C)[C@H](C(=O)O)[C@@](C)([C@H](C)C(C)C)CC[C@]23C)CCOCC1. The quantitative estimate of drug-likeness (QED) is 0.266. The molecular weight excluding hydrogens is 632 g/mol. The third-order valence-corrected chi connectivity index (χ3v) is 16.4. The van der Waals surface area contributed by atoms with Gasteiger partial charge in [-0.1, -0.05) is 72.1 Å². The summed E-state index contributed by atoms with van der Waals surface area (Å²) in [6, 6.07) is -0.169. The maximum absolute atomic E-state index is 13.5. The van der Waals surface area contributed by atoms with E-state index in [1.54, 1.807) is 4.80 Å². The van der Waals surface area contributed by atoms with Crippen molar-refractivity contribution in [3.8, 4) is 0 Å². The normalized spacial score (nSPS) is 44.4. The Balaban J connectivity index is 1.29. The maximum Gasteiger partial charge on any atom is 0.307 e. The van der Waals surface area contributed by atoms with Gasteiger partial charge in [-0.15, -0.1) is 5.10 Å². The Kier molecular flexibility index (Phi) is 9.08. The van der Waals surface area contributed by atoms with Crippen molar-refractivity contribution in [2.45, 2.75) is 124 Å². The van der Waals surface area contributed by atoms with Crippen molar-refractivity contribution >= 4 is 11.9 Å². The number of aliphatic carboxylic acids is 1. The van der Waals surface area contributed by atoms with Gasteiger partial charge in [0.25, 0.3) is 5.95 Å². The number of ether oxygens (including phenoxy) is 3. The average molecular weight is 697 g/mol. The van der Waals surface area contributed by atoms with Crippen LogP contribution in [-0.2, 0) is 19.0 Å². The van der Waals surface area contributed by atoms with Crippen LogP contribution in [-0.4, -0.2) is 82.5 Å². The number of allylic oxidation sites excluding steroid dienone is 1. The molecule has 1 aromatic heterocycles. The minimum atomic E-state index is -0.627. The number of carbonyl (C=O) groups is 1. The molecule has 280 valence electrons. The van der Waals surface area contributed by atoms with E-state index >= 15 is 0 Å². The smallest absolute Gasteiger partial charge is 0.307 e. The monoisotopic (exact) mass is 696 g/mol. The molecule has 11 heteroatoms. The number of anilines is 1. The predicted octanol–water partition coefficient (Wildman–Crippen LogP) is 5.93. The zero-order chi connectivity index (χ0) is 35.9. The lowest BCUT2D eigenvalue weighted by Crippen LogP contribution is -2.69. The topological polar surface area (TPSA) is 147 Å². The van der Waals surface area contributed by atoms with Crippen LogP contribution in [0, 0.1) is 56.7 Å². The third-order valence-electron chi connectivity index (χ3n) is 16.4. The van der Waals surface area contributed by atoms with E-state index in [2.05, 4.69) is 82.2 Å². The Labute approximate surface area is 299 Å². The highest BCUT2D eigenvalue weighted by Crippen LogP contribution is 2.75. The Hall–Kier alpha value is -2.08. The van der Waals surface area contributed by atoms with E-state index in [1.807, 2.05) is 0 Å². The molecule has 0 spiro atoms. The molecule has 2 aliphatic heterocycles. The molecule has 1 unspecified atom stereocenters. The molecule has 7 rings (SSSR count). The molecule has 0 aromatic carbocycles. The van der Waals surface area contributed by atoms with Gasteiger partial charge in [0.05, 0.1) is 31.8 Å². The van der Waals surface area contributed by atoms with Gasteiger partial charge in [0.1, 0.15) is 6.04 Å². The number of nitrogen functional groups attached to an aromatic ring is 1. The highest BCUT2D eigenvalue weighted by Gasteiger charge is 2.72. The highest BCUT2D eigenvalue weighted by atomic mass is 16.5. The van der Waals surface area contributed by atoms with Gasteiger partial charge in [0.2, 0.25) is 0 Å². The Morgan fingerprint density at radius 2 is 1.82 bits per heavy atom. The van der Waals surface area contributed by atoms with Crippen molar-refractivity contribution in [2.24, 2.45) is 56.7 Å². The summed E-state index contributed by atoms with van der Waals surface area (Å²) < 4.78 is 19.7.